The third kappa shape index (κ3) is 12.2. The molecule has 2 N–H and O–H groups in total. The van der Waals surface area contributed by atoms with E-state index in [1.807, 2.05) is 19.1 Å². The zero-order valence-corrected chi connectivity index (χ0v) is 22.8. The molecular formula is C28H46ClN3O. The molecule has 33 heavy (non-hydrogen) atoms. The summed E-state index contributed by atoms with van der Waals surface area (Å²) in [6.45, 7) is 22.4. The van der Waals surface area contributed by atoms with E-state index in [1.165, 1.54) is 5.57 Å². The molecule has 0 bridgehead atoms. The minimum Gasteiger partial charge on any atom is -0.393 e. The van der Waals surface area contributed by atoms with E-state index in [0.29, 0.717) is 6.42 Å². The van der Waals surface area contributed by atoms with Gasteiger partial charge in [0.1, 0.15) is 5.82 Å². The Kier molecular flexibility index (Phi) is 16.5. The number of H-pyrrole nitrogens is 1. The van der Waals surface area contributed by atoms with E-state index in [-0.39, 0.29) is 6.10 Å². The van der Waals surface area contributed by atoms with Gasteiger partial charge in [-0.15, -0.1) is 0 Å². The lowest BCUT2D eigenvalue weighted by Gasteiger charge is -2.06. The summed E-state index contributed by atoms with van der Waals surface area (Å²) in [5.74, 6) is 0.795. The van der Waals surface area contributed by atoms with Crippen LogP contribution in [0.3, 0.4) is 0 Å². The maximum absolute atomic E-state index is 9.05. The van der Waals surface area contributed by atoms with Crippen LogP contribution in [-0.4, -0.2) is 28.6 Å². The molecule has 4 nitrogen and oxygen atoms in total. The summed E-state index contributed by atoms with van der Waals surface area (Å²) >= 11 is 6.55. The van der Waals surface area contributed by atoms with Gasteiger partial charge in [-0.05, 0) is 64.8 Å². The maximum atomic E-state index is 9.05. The van der Waals surface area contributed by atoms with Gasteiger partial charge in [0.05, 0.1) is 11.1 Å². The number of aliphatic hydroxyl groups excluding tert-OH is 1. The number of nitrogens with zero attached hydrogens (tertiary/aromatic N) is 2. The molecule has 1 aromatic heterocycles. The van der Waals surface area contributed by atoms with Gasteiger partial charge >= 0.3 is 0 Å². The minimum absolute atomic E-state index is 0.0370. The standard InChI is InChI=1S/C21H30ClN3.C7H16O/c1-8-10-15(5)19-20(22)18(9-2)25-21(19)24-16(6)13-17(23-7)12-11-14(3)4;1-3-5-7(8)6-4-2/h11-12,25H,5,7-10,13H2,1-4,6H3;7-8H,3-6H2,1-2H3/b17-12-,24-16+;. The number of aromatic amines is 1. The average Bonchev–Trinajstić information content (AvgIpc) is 3.06. The van der Waals surface area contributed by atoms with Gasteiger partial charge in [0.25, 0.3) is 0 Å². The van der Waals surface area contributed by atoms with Crippen molar-refractivity contribution in [3.63, 3.8) is 0 Å². The van der Waals surface area contributed by atoms with Crippen LogP contribution >= 0.6 is 11.6 Å². The van der Waals surface area contributed by atoms with Crippen LogP contribution in [-0.2, 0) is 6.42 Å². The molecule has 1 heterocycles. The molecule has 0 spiro atoms. The van der Waals surface area contributed by atoms with Crippen molar-refractivity contribution in [3.8, 4) is 0 Å². The van der Waals surface area contributed by atoms with Crippen molar-refractivity contribution in [1.82, 2.24) is 4.98 Å². The number of rotatable bonds is 13. The molecule has 0 unspecified atom stereocenters. The van der Waals surface area contributed by atoms with E-state index in [0.717, 1.165) is 84.0 Å². The van der Waals surface area contributed by atoms with E-state index < -0.39 is 0 Å². The third-order valence-electron chi connectivity index (χ3n) is 5.04. The number of aliphatic hydroxyl groups is 1. The van der Waals surface area contributed by atoms with E-state index in [4.69, 9.17) is 21.7 Å². The number of hydrogen-bond donors (Lipinski definition) is 2. The lowest BCUT2D eigenvalue weighted by Crippen LogP contribution is -2.03. The van der Waals surface area contributed by atoms with E-state index in [2.05, 4.69) is 64.8 Å². The first kappa shape index (κ1) is 31.1. The summed E-state index contributed by atoms with van der Waals surface area (Å²) in [7, 11) is 0. The molecular weight excluding hydrogens is 430 g/mol. The van der Waals surface area contributed by atoms with Crippen molar-refractivity contribution in [2.75, 3.05) is 0 Å². The van der Waals surface area contributed by atoms with Crippen LogP contribution in [0.25, 0.3) is 5.57 Å². The molecule has 0 fully saturated rings. The van der Waals surface area contributed by atoms with Crippen LogP contribution in [0.2, 0.25) is 5.02 Å². The van der Waals surface area contributed by atoms with Crippen molar-refractivity contribution >= 4 is 35.4 Å². The fourth-order valence-corrected chi connectivity index (χ4v) is 3.73. The maximum Gasteiger partial charge on any atom is 0.139 e. The first-order valence-electron chi connectivity index (χ1n) is 12.3. The number of nitrogens with one attached hydrogen (secondary N) is 1. The van der Waals surface area contributed by atoms with E-state index in [1.54, 1.807) is 0 Å². The Morgan fingerprint density at radius 1 is 1.06 bits per heavy atom. The summed E-state index contributed by atoms with van der Waals surface area (Å²) in [5, 5.41) is 9.79. The monoisotopic (exact) mass is 475 g/mol. The Labute approximate surface area is 207 Å². The smallest absolute Gasteiger partial charge is 0.139 e. The summed E-state index contributed by atoms with van der Waals surface area (Å²) in [4.78, 5) is 12.2. The fraction of sp³-hybridized carbons (Fsp3) is 0.571. The average molecular weight is 476 g/mol. The summed E-state index contributed by atoms with van der Waals surface area (Å²) < 4.78 is 0. The number of aromatic nitrogens is 1. The Balaban J connectivity index is 0.00000109. The molecule has 1 rings (SSSR count). The van der Waals surface area contributed by atoms with Gasteiger partial charge in [-0.1, -0.05) is 76.8 Å². The topological polar surface area (TPSA) is 60.7 Å². The predicted molar refractivity (Wildman–Crippen MR) is 149 cm³/mol. The Morgan fingerprint density at radius 2 is 1.67 bits per heavy atom. The second-order valence-corrected chi connectivity index (χ2v) is 9.04. The molecule has 5 heteroatoms. The van der Waals surface area contributed by atoms with Gasteiger partial charge in [-0.25, -0.2) is 4.99 Å². The lowest BCUT2D eigenvalue weighted by molar-refractivity contribution is 0.153. The number of halogens is 1. The molecule has 1 aromatic rings. The van der Waals surface area contributed by atoms with Crippen LogP contribution in [0.4, 0.5) is 5.82 Å². The quantitative estimate of drug-likeness (QED) is 0.217. The molecule has 0 saturated heterocycles. The second kappa shape index (κ2) is 17.6. The normalized spacial score (nSPS) is 11.8. The fourth-order valence-electron chi connectivity index (χ4n) is 3.33. The zero-order valence-electron chi connectivity index (χ0n) is 22.0. The molecule has 0 radical (unpaired) electrons. The highest BCUT2D eigenvalue weighted by Crippen LogP contribution is 2.37. The Morgan fingerprint density at radius 3 is 2.12 bits per heavy atom. The number of aliphatic imine (C=N–C) groups is 2. The van der Waals surface area contributed by atoms with Gasteiger partial charge in [0.2, 0.25) is 0 Å². The highest BCUT2D eigenvalue weighted by Gasteiger charge is 2.17. The zero-order chi connectivity index (χ0) is 25.4. The molecule has 0 aromatic carbocycles. The van der Waals surface area contributed by atoms with Crippen LogP contribution in [0.15, 0.2) is 40.0 Å². The molecule has 0 amide bonds. The summed E-state index contributed by atoms with van der Waals surface area (Å²) in [5.41, 5.74) is 6.04. The first-order chi connectivity index (χ1) is 15.6. The van der Waals surface area contributed by atoms with Crippen molar-refractivity contribution in [2.45, 2.75) is 106 Å². The molecule has 0 saturated carbocycles. The van der Waals surface area contributed by atoms with Gasteiger partial charge in [-0.2, -0.15) is 0 Å². The molecule has 0 atom stereocenters. The predicted octanol–water partition coefficient (Wildman–Crippen LogP) is 9.02. The third-order valence-corrected chi connectivity index (χ3v) is 5.46. The molecule has 0 aliphatic rings. The van der Waals surface area contributed by atoms with Crippen molar-refractivity contribution in [3.05, 3.63) is 46.3 Å². The van der Waals surface area contributed by atoms with Crippen LogP contribution in [0, 0.1) is 0 Å². The molecule has 0 aliphatic heterocycles. The second-order valence-electron chi connectivity index (χ2n) is 8.66. The van der Waals surface area contributed by atoms with Gasteiger partial charge in [0.15, 0.2) is 0 Å². The highest BCUT2D eigenvalue weighted by molar-refractivity contribution is 6.33. The van der Waals surface area contributed by atoms with Crippen LogP contribution < -0.4 is 0 Å². The van der Waals surface area contributed by atoms with Gasteiger partial charge in [0, 0.05) is 29.1 Å². The van der Waals surface area contributed by atoms with Crippen molar-refractivity contribution in [1.29, 1.82) is 0 Å². The van der Waals surface area contributed by atoms with Crippen molar-refractivity contribution < 1.29 is 5.11 Å². The van der Waals surface area contributed by atoms with Crippen LogP contribution in [0.1, 0.15) is 105 Å². The summed E-state index contributed by atoms with van der Waals surface area (Å²) in [6.07, 6.45) is 11.5. The Bertz CT molecular complexity index is 820. The number of allylic oxidation sites excluding steroid dienone is 5. The number of aryl methyl sites for hydroxylation is 1. The lowest BCUT2D eigenvalue weighted by atomic mass is 10.0. The van der Waals surface area contributed by atoms with E-state index in [9.17, 15) is 0 Å². The van der Waals surface area contributed by atoms with Crippen LogP contribution in [0.5, 0.6) is 0 Å². The SMILES string of the molecule is C=N/C(=C\C=C(C)C)C/C(C)=N/c1[nH]c(CC)c(Cl)c1C(=C)CCC.CCCC(O)CCC. The molecule has 0 aliphatic carbocycles. The first-order valence-corrected chi connectivity index (χ1v) is 12.6. The highest BCUT2D eigenvalue weighted by atomic mass is 35.5. The van der Waals surface area contributed by atoms with Gasteiger partial charge < -0.3 is 10.1 Å². The summed E-state index contributed by atoms with van der Waals surface area (Å²) in [6, 6.07) is 0. The van der Waals surface area contributed by atoms with Crippen molar-refractivity contribution in [2.24, 2.45) is 9.98 Å². The molecule has 186 valence electrons. The van der Waals surface area contributed by atoms with E-state index >= 15 is 0 Å². The minimum atomic E-state index is -0.0370. The Hall–Kier alpha value is -1.91. The van der Waals surface area contributed by atoms with Gasteiger partial charge in [-0.3, -0.25) is 4.99 Å². The number of hydrogen-bond acceptors (Lipinski definition) is 3. The largest absolute Gasteiger partial charge is 0.393 e.